The Hall–Kier alpha value is -1.81. The smallest absolute Gasteiger partial charge is 0.339 e. The summed E-state index contributed by atoms with van der Waals surface area (Å²) in [4.78, 5) is 11.5. The van der Waals surface area contributed by atoms with E-state index in [2.05, 4.69) is 0 Å². The summed E-state index contributed by atoms with van der Waals surface area (Å²) in [6.07, 6.45) is 0.757. The second kappa shape index (κ2) is 5.23. The number of ether oxygens (including phenoxy) is 1. The van der Waals surface area contributed by atoms with Crippen LogP contribution in [-0.2, 0) is 0 Å². The van der Waals surface area contributed by atoms with Crippen molar-refractivity contribution in [1.82, 2.24) is 0 Å². The molecule has 1 aromatic carbocycles. The first-order valence-corrected chi connectivity index (χ1v) is 6.00. The molecule has 1 heterocycles. The Morgan fingerprint density at radius 2 is 1.94 bits per heavy atom. The Morgan fingerprint density at radius 3 is 2.67 bits per heavy atom. The minimum absolute atomic E-state index is 0.395. The fraction of sp³-hybridized carbons (Fsp3) is 0.357. The first-order chi connectivity index (χ1) is 8.61. The van der Waals surface area contributed by atoms with E-state index in [0.29, 0.717) is 24.5 Å². The molecule has 0 fully saturated rings. The lowest BCUT2D eigenvalue weighted by molar-refractivity contribution is 0.314. The average molecular weight is 247 g/mol. The van der Waals surface area contributed by atoms with Gasteiger partial charge in [-0.3, -0.25) is 0 Å². The SMILES string of the molecule is Cc1cc2oc(=O)cc(OCCCN)c2cc1C. The minimum Gasteiger partial charge on any atom is -0.492 e. The van der Waals surface area contributed by atoms with E-state index in [9.17, 15) is 4.79 Å². The van der Waals surface area contributed by atoms with E-state index >= 15 is 0 Å². The molecule has 2 N–H and O–H groups in total. The number of benzene rings is 1. The first kappa shape index (κ1) is 12.6. The van der Waals surface area contributed by atoms with Crippen molar-refractivity contribution in [2.24, 2.45) is 5.73 Å². The maximum atomic E-state index is 11.5. The molecule has 96 valence electrons. The molecule has 0 unspecified atom stereocenters. The predicted octanol–water partition coefficient (Wildman–Crippen LogP) is 2.14. The van der Waals surface area contributed by atoms with Crippen molar-refractivity contribution in [2.45, 2.75) is 20.3 Å². The highest BCUT2D eigenvalue weighted by molar-refractivity contribution is 5.84. The molecular formula is C14H17NO3. The van der Waals surface area contributed by atoms with Gasteiger partial charge in [-0.15, -0.1) is 0 Å². The van der Waals surface area contributed by atoms with E-state index < -0.39 is 5.63 Å². The summed E-state index contributed by atoms with van der Waals surface area (Å²) in [5.74, 6) is 0.567. The van der Waals surface area contributed by atoms with Gasteiger partial charge in [0.15, 0.2) is 0 Å². The zero-order chi connectivity index (χ0) is 13.1. The third-order valence-corrected chi connectivity index (χ3v) is 2.93. The maximum Gasteiger partial charge on any atom is 0.339 e. The molecule has 0 aliphatic rings. The standard InChI is InChI=1S/C14H17NO3/c1-9-6-11-12(17-5-3-4-15)8-14(16)18-13(11)7-10(9)2/h6-8H,3-5,15H2,1-2H3. The van der Waals surface area contributed by atoms with Gasteiger partial charge in [-0.05, 0) is 50.1 Å². The summed E-state index contributed by atoms with van der Waals surface area (Å²) in [6, 6.07) is 5.22. The Balaban J connectivity index is 2.50. The van der Waals surface area contributed by atoms with Crippen LogP contribution >= 0.6 is 0 Å². The monoisotopic (exact) mass is 247 g/mol. The Morgan fingerprint density at radius 1 is 1.22 bits per heavy atom. The van der Waals surface area contributed by atoms with Crippen LogP contribution in [0.4, 0.5) is 0 Å². The van der Waals surface area contributed by atoms with Crippen LogP contribution in [-0.4, -0.2) is 13.2 Å². The van der Waals surface area contributed by atoms with Gasteiger partial charge >= 0.3 is 5.63 Å². The van der Waals surface area contributed by atoms with Crippen LogP contribution in [0.25, 0.3) is 11.0 Å². The van der Waals surface area contributed by atoms with Gasteiger partial charge in [0.2, 0.25) is 0 Å². The molecular weight excluding hydrogens is 230 g/mol. The van der Waals surface area contributed by atoms with Crippen LogP contribution in [0.5, 0.6) is 5.75 Å². The number of rotatable bonds is 4. The lowest BCUT2D eigenvalue weighted by atomic mass is 10.1. The van der Waals surface area contributed by atoms with Gasteiger partial charge in [0, 0.05) is 0 Å². The van der Waals surface area contributed by atoms with Crippen LogP contribution in [0, 0.1) is 13.8 Å². The molecule has 1 aromatic heterocycles. The van der Waals surface area contributed by atoms with Crippen molar-refractivity contribution in [1.29, 1.82) is 0 Å². The number of aryl methyl sites for hydroxylation is 2. The summed E-state index contributed by atoms with van der Waals surface area (Å²) in [5.41, 5.74) is 7.81. The number of nitrogens with two attached hydrogens (primary N) is 1. The molecule has 0 spiro atoms. The summed E-state index contributed by atoms with van der Waals surface area (Å²) >= 11 is 0. The van der Waals surface area contributed by atoms with Gasteiger partial charge in [0.05, 0.1) is 18.1 Å². The minimum atomic E-state index is -0.395. The summed E-state index contributed by atoms with van der Waals surface area (Å²) in [5, 5.41) is 0.828. The Bertz CT molecular complexity index is 616. The van der Waals surface area contributed by atoms with Crippen molar-refractivity contribution in [3.05, 3.63) is 39.7 Å². The average Bonchev–Trinajstić information content (AvgIpc) is 2.32. The molecule has 0 bridgehead atoms. The summed E-state index contributed by atoms with van der Waals surface area (Å²) < 4.78 is 10.8. The molecule has 0 saturated carbocycles. The van der Waals surface area contributed by atoms with E-state index in [-0.39, 0.29) is 0 Å². The van der Waals surface area contributed by atoms with E-state index in [4.69, 9.17) is 14.9 Å². The molecule has 0 atom stereocenters. The van der Waals surface area contributed by atoms with E-state index in [1.165, 1.54) is 6.07 Å². The normalized spacial score (nSPS) is 10.8. The van der Waals surface area contributed by atoms with Gasteiger partial charge < -0.3 is 14.9 Å². The van der Waals surface area contributed by atoms with Crippen molar-refractivity contribution in [3.63, 3.8) is 0 Å². The van der Waals surface area contributed by atoms with Crippen molar-refractivity contribution in [2.75, 3.05) is 13.2 Å². The Labute approximate surface area is 105 Å². The van der Waals surface area contributed by atoms with E-state index in [1.807, 2.05) is 26.0 Å². The summed E-state index contributed by atoms with van der Waals surface area (Å²) in [7, 11) is 0. The maximum absolute atomic E-state index is 11.5. The largest absolute Gasteiger partial charge is 0.492 e. The number of hydrogen-bond donors (Lipinski definition) is 1. The lowest BCUT2D eigenvalue weighted by Gasteiger charge is -2.09. The number of hydrogen-bond acceptors (Lipinski definition) is 4. The van der Waals surface area contributed by atoms with Crippen LogP contribution in [0.15, 0.2) is 27.4 Å². The van der Waals surface area contributed by atoms with Crippen LogP contribution in [0.1, 0.15) is 17.5 Å². The van der Waals surface area contributed by atoms with Crippen molar-refractivity contribution < 1.29 is 9.15 Å². The van der Waals surface area contributed by atoms with Crippen LogP contribution in [0.3, 0.4) is 0 Å². The zero-order valence-corrected chi connectivity index (χ0v) is 10.7. The third-order valence-electron chi connectivity index (χ3n) is 2.93. The quantitative estimate of drug-likeness (QED) is 0.664. The highest BCUT2D eigenvalue weighted by atomic mass is 16.5. The fourth-order valence-electron chi connectivity index (χ4n) is 1.77. The molecule has 0 aliphatic carbocycles. The first-order valence-electron chi connectivity index (χ1n) is 6.00. The van der Waals surface area contributed by atoms with E-state index in [1.54, 1.807) is 0 Å². The molecule has 0 amide bonds. The third kappa shape index (κ3) is 2.54. The molecule has 4 heteroatoms. The molecule has 0 saturated heterocycles. The topological polar surface area (TPSA) is 65.5 Å². The number of fused-ring (bicyclic) bond motifs is 1. The molecule has 4 nitrogen and oxygen atoms in total. The second-order valence-electron chi connectivity index (χ2n) is 4.35. The molecule has 2 aromatic rings. The lowest BCUT2D eigenvalue weighted by Crippen LogP contribution is -2.08. The van der Waals surface area contributed by atoms with Gasteiger partial charge in [-0.2, -0.15) is 0 Å². The van der Waals surface area contributed by atoms with Gasteiger partial charge in [0.25, 0.3) is 0 Å². The predicted molar refractivity (Wildman–Crippen MR) is 71.1 cm³/mol. The van der Waals surface area contributed by atoms with Crippen LogP contribution in [0.2, 0.25) is 0 Å². The molecule has 0 radical (unpaired) electrons. The highest BCUT2D eigenvalue weighted by Crippen LogP contribution is 2.26. The van der Waals surface area contributed by atoms with Gasteiger partial charge in [0.1, 0.15) is 11.3 Å². The molecule has 2 rings (SSSR count). The Kier molecular flexibility index (Phi) is 3.67. The van der Waals surface area contributed by atoms with Crippen molar-refractivity contribution >= 4 is 11.0 Å². The van der Waals surface area contributed by atoms with Crippen LogP contribution < -0.4 is 16.1 Å². The second-order valence-corrected chi connectivity index (χ2v) is 4.35. The van der Waals surface area contributed by atoms with Crippen molar-refractivity contribution in [3.8, 4) is 5.75 Å². The van der Waals surface area contributed by atoms with E-state index in [0.717, 1.165) is 22.9 Å². The molecule has 0 aliphatic heterocycles. The van der Waals surface area contributed by atoms with Gasteiger partial charge in [-0.25, -0.2) is 4.79 Å². The highest BCUT2D eigenvalue weighted by Gasteiger charge is 2.08. The summed E-state index contributed by atoms with van der Waals surface area (Å²) in [6.45, 7) is 5.07. The van der Waals surface area contributed by atoms with Gasteiger partial charge in [-0.1, -0.05) is 0 Å². The molecule has 18 heavy (non-hydrogen) atoms. The fourth-order valence-corrected chi connectivity index (χ4v) is 1.77. The zero-order valence-electron chi connectivity index (χ0n) is 10.7.